The van der Waals surface area contributed by atoms with Crippen molar-refractivity contribution in [2.75, 3.05) is 6.61 Å². The fraction of sp³-hybridized carbons (Fsp3) is 0.556. The van der Waals surface area contributed by atoms with E-state index in [2.05, 4.69) is 11.9 Å². The lowest BCUT2D eigenvalue weighted by molar-refractivity contribution is -0.113. The first-order chi connectivity index (χ1) is 11.0. The molecule has 5 heteroatoms. The van der Waals surface area contributed by atoms with Crippen LogP contribution in [0.2, 0.25) is 0 Å². The van der Waals surface area contributed by atoms with Gasteiger partial charge in [0, 0.05) is 23.5 Å². The third-order valence-corrected chi connectivity index (χ3v) is 4.14. The highest BCUT2D eigenvalue weighted by Crippen LogP contribution is 2.23. The Balaban J connectivity index is 0.000000167. The number of aliphatic hydroxyl groups is 2. The lowest BCUT2D eigenvalue weighted by Gasteiger charge is -2.32. The molecule has 4 N–H and O–H groups in total. The third-order valence-electron chi connectivity index (χ3n) is 4.14. The molecule has 3 rings (SSSR count). The van der Waals surface area contributed by atoms with Gasteiger partial charge in [-0.3, -0.25) is 0 Å². The number of phenols is 1. The quantitative estimate of drug-likeness (QED) is 0.700. The normalized spacial score (nSPS) is 24.3. The van der Waals surface area contributed by atoms with Crippen LogP contribution in [0.15, 0.2) is 24.4 Å². The molecule has 23 heavy (non-hydrogen) atoms. The van der Waals surface area contributed by atoms with Crippen LogP contribution < -0.4 is 0 Å². The van der Waals surface area contributed by atoms with Crippen LogP contribution >= 0.6 is 0 Å². The number of aromatic amines is 1. The van der Waals surface area contributed by atoms with E-state index in [0.717, 1.165) is 35.7 Å². The van der Waals surface area contributed by atoms with Crippen molar-refractivity contribution in [3.63, 3.8) is 0 Å². The lowest BCUT2D eigenvalue weighted by atomic mass is 9.99. The molecule has 0 amide bonds. The second kappa shape index (κ2) is 8.34. The Bertz CT molecular complexity index is 574. The zero-order valence-corrected chi connectivity index (χ0v) is 13.8. The average molecular weight is 321 g/mol. The number of hydrogen-bond acceptors (Lipinski definition) is 4. The van der Waals surface area contributed by atoms with Gasteiger partial charge < -0.3 is 25.0 Å². The molecule has 0 spiro atoms. The van der Waals surface area contributed by atoms with Crippen molar-refractivity contribution in [2.24, 2.45) is 0 Å². The Kier molecular flexibility index (Phi) is 6.45. The summed E-state index contributed by atoms with van der Waals surface area (Å²) in [6, 6.07) is 5.64. The minimum Gasteiger partial charge on any atom is -0.508 e. The minimum absolute atomic E-state index is 0.0251. The molecule has 1 aliphatic rings. The van der Waals surface area contributed by atoms with Crippen molar-refractivity contribution in [3.05, 3.63) is 30.0 Å². The molecule has 0 bridgehead atoms. The topological polar surface area (TPSA) is 85.7 Å². The zero-order valence-electron chi connectivity index (χ0n) is 13.8. The van der Waals surface area contributed by atoms with Crippen LogP contribution in [0, 0.1) is 6.92 Å². The molecule has 2 heterocycles. The highest BCUT2D eigenvalue weighted by atomic mass is 16.5. The largest absolute Gasteiger partial charge is 0.508 e. The van der Waals surface area contributed by atoms with Gasteiger partial charge in [0.25, 0.3) is 0 Å². The van der Waals surface area contributed by atoms with E-state index in [9.17, 15) is 10.2 Å². The Morgan fingerprint density at radius 1 is 1.26 bits per heavy atom. The van der Waals surface area contributed by atoms with E-state index >= 15 is 0 Å². The van der Waals surface area contributed by atoms with Crippen molar-refractivity contribution in [2.45, 2.75) is 57.8 Å². The zero-order chi connectivity index (χ0) is 16.8. The van der Waals surface area contributed by atoms with Crippen LogP contribution in [0.4, 0.5) is 0 Å². The van der Waals surface area contributed by atoms with Gasteiger partial charge in [0.1, 0.15) is 5.75 Å². The monoisotopic (exact) mass is 321 g/mol. The Morgan fingerprint density at radius 3 is 2.70 bits per heavy atom. The van der Waals surface area contributed by atoms with E-state index in [-0.39, 0.29) is 24.9 Å². The van der Waals surface area contributed by atoms with Gasteiger partial charge in [-0.25, -0.2) is 0 Å². The van der Waals surface area contributed by atoms with Crippen molar-refractivity contribution in [3.8, 4) is 5.75 Å². The van der Waals surface area contributed by atoms with Crippen molar-refractivity contribution in [1.29, 1.82) is 0 Å². The fourth-order valence-corrected chi connectivity index (χ4v) is 2.91. The predicted molar refractivity (Wildman–Crippen MR) is 90.6 cm³/mol. The van der Waals surface area contributed by atoms with Crippen LogP contribution in [0.5, 0.6) is 5.75 Å². The number of phenolic OH excluding ortho intramolecular Hbond substituents is 1. The molecule has 5 nitrogen and oxygen atoms in total. The maximum atomic E-state index is 9.42. The van der Waals surface area contributed by atoms with E-state index in [1.807, 2.05) is 25.3 Å². The van der Waals surface area contributed by atoms with Gasteiger partial charge in [0.2, 0.25) is 0 Å². The van der Waals surface area contributed by atoms with Gasteiger partial charge in [-0.2, -0.15) is 0 Å². The highest BCUT2D eigenvalue weighted by Gasteiger charge is 2.26. The van der Waals surface area contributed by atoms with Crippen molar-refractivity contribution in [1.82, 2.24) is 4.98 Å². The van der Waals surface area contributed by atoms with Gasteiger partial charge in [-0.1, -0.05) is 13.3 Å². The van der Waals surface area contributed by atoms with Crippen LogP contribution in [-0.4, -0.2) is 45.2 Å². The summed E-state index contributed by atoms with van der Waals surface area (Å²) in [7, 11) is 0. The number of rotatable bonds is 3. The van der Waals surface area contributed by atoms with E-state index in [1.165, 1.54) is 0 Å². The third kappa shape index (κ3) is 4.96. The highest BCUT2D eigenvalue weighted by molar-refractivity contribution is 5.81. The number of fused-ring (bicyclic) bond motifs is 1. The number of hydrogen-bond donors (Lipinski definition) is 4. The number of nitrogens with one attached hydrogen (secondary N) is 1. The first-order valence-electron chi connectivity index (χ1n) is 8.24. The molecule has 0 radical (unpaired) electrons. The van der Waals surface area contributed by atoms with Gasteiger partial charge in [-0.05, 0) is 43.5 Å². The molecule has 0 aliphatic carbocycles. The van der Waals surface area contributed by atoms with Crippen LogP contribution in [0.1, 0.15) is 38.2 Å². The SMILES string of the molecule is CCC[C@H]1CC(O)CC(CO)O1.Cc1cc2[nH]ccc2cc1O. The number of aliphatic hydroxyl groups excluding tert-OH is 2. The van der Waals surface area contributed by atoms with E-state index in [4.69, 9.17) is 9.84 Å². The lowest BCUT2D eigenvalue weighted by Crippen LogP contribution is -2.37. The van der Waals surface area contributed by atoms with Crippen LogP contribution in [0.25, 0.3) is 10.9 Å². The Labute approximate surface area is 136 Å². The molecular weight excluding hydrogens is 294 g/mol. The number of aromatic nitrogens is 1. The molecule has 1 fully saturated rings. The molecule has 1 aromatic carbocycles. The summed E-state index contributed by atoms with van der Waals surface area (Å²) in [5.74, 6) is 0.358. The van der Waals surface area contributed by atoms with Crippen LogP contribution in [0.3, 0.4) is 0 Å². The summed E-state index contributed by atoms with van der Waals surface area (Å²) in [4.78, 5) is 3.08. The number of aromatic hydroxyl groups is 1. The summed E-state index contributed by atoms with van der Waals surface area (Å²) < 4.78 is 5.54. The molecule has 0 saturated carbocycles. The second-order valence-corrected chi connectivity index (χ2v) is 6.18. The number of ether oxygens (including phenoxy) is 1. The molecule has 2 unspecified atom stereocenters. The minimum atomic E-state index is -0.285. The first kappa shape index (κ1) is 17.8. The van der Waals surface area contributed by atoms with Gasteiger partial charge >= 0.3 is 0 Å². The maximum Gasteiger partial charge on any atom is 0.119 e. The summed E-state index contributed by atoms with van der Waals surface area (Å²) in [6.07, 6.45) is 4.93. The number of benzene rings is 1. The maximum absolute atomic E-state index is 9.42. The summed E-state index contributed by atoms with van der Waals surface area (Å²) in [5.41, 5.74) is 1.97. The molecule has 3 atom stereocenters. The van der Waals surface area contributed by atoms with E-state index < -0.39 is 0 Å². The van der Waals surface area contributed by atoms with Crippen molar-refractivity contribution < 1.29 is 20.1 Å². The predicted octanol–water partition coefficient (Wildman–Crippen LogP) is 2.87. The molecule has 1 aliphatic heterocycles. The molecule has 128 valence electrons. The van der Waals surface area contributed by atoms with Gasteiger partial charge in [-0.15, -0.1) is 0 Å². The molecular formula is C18H27NO4. The van der Waals surface area contributed by atoms with E-state index in [1.54, 1.807) is 6.07 Å². The summed E-state index contributed by atoms with van der Waals surface area (Å²) >= 11 is 0. The summed E-state index contributed by atoms with van der Waals surface area (Å²) in [6.45, 7) is 4.01. The second-order valence-electron chi connectivity index (χ2n) is 6.18. The smallest absolute Gasteiger partial charge is 0.119 e. The number of H-pyrrole nitrogens is 1. The fourth-order valence-electron chi connectivity index (χ4n) is 2.91. The van der Waals surface area contributed by atoms with Crippen molar-refractivity contribution >= 4 is 10.9 Å². The first-order valence-corrected chi connectivity index (χ1v) is 8.24. The van der Waals surface area contributed by atoms with Crippen LogP contribution in [-0.2, 0) is 4.74 Å². The van der Waals surface area contributed by atoms with Gasteiger partial charge in [0.15, 0.2) is 0 Å². The number of aryl methyl sites for hydroxylation is 1. The Hall–Kier alpha value is -1.56. The molecule has 2 aromatic rings. The van der Waals surface area contributed by atoms with Gasteiger partial charge in [0.05, 0.1) is 24.9 Å². The van der Waals surface area contributed by atoms with E-state index in [0.29, 0.717) is 12.2 Å². The standard InChI is InChI=1S/C9H9NO.C9H18O3/c1-6-4-8-7(2-3-10-8)5-9(6)11;1-2-3-8-4-7(11)5-9(6-10)12-8/h2-5,10-11H,1H3;7-11H,2-6H2,1H3/t;7?,8-,9?/m.0/s1. The Morgan fingerprint density at radius 2 is 2.00 bits per heavy atom. The molecule has 1 aromatic heterocycles. The molecule has 1 saturated heterocycles. The average Bonchev–Trinajstić information content (AvgIpc) is 2.95. The summed E-state index contributed by atoms with van der Waals surface area (Å²) in [5, 5.41) is 28.6.